The van der Waals surface area contributed by atoms with E-state index in [1.165, 1.54) is 4.90 Å². The van der Waals surface area contributed by atoms with Crippen molar-refractivity contribution in [2.45, 2.75) is 25.5 Å². The molecule has 5 rings (SSSR count). The van der Waals surface area contributed by atoms with E-state index in [4.69, 9.17) is 5.73 Å². The van der Waals surface area contributed by atoms with Gasteiger partial charge in [-0.15, -0.1) is 0 Å². The van der Waals surface area contributed by atoms with Crippen molar-refractivity contribution in [3.8, 4) is 0 Å². The Morgan fingerprint density at radius 1 is 1.17 bits per heavy atom. The number of β-amino-alcohol motifs (C(OH)–C–C–N with tert-alkyl or cyclic N) is 1. The van der Waals surface area contributed by atoms with E-state index in [9.17, 15) is 14.7 Å². The molecule has 1 saturated heterocycles. The molecule has 2 unspecified atom stereocenters. The van der Waals surface area contributed by atoms with Crippen LogP contribution in [0.5, 0.6) is 0 Å². The summed E-state index contributed by atoms with van der Waals surface area (Å²) in [6, 6.07) is 17.2. The molecule has 2 aromatic carbocycles. The summed E-state index contributed by atoms with van der Waals surface area (Å²) in [5, 5.41) is 9.61. The number of aliphatic hydroxyl groups is 1. The second-order valence-corrected chi connectivity index (χ2v) is 7.45. The number of carbonyl (C=O) groups is 2. The van der Waals surface area contributed by atoms with Gasteiger partial charge in [-0.2, -0.15) is 0 Å². The van der Waals surface area contributed by atoms with E-state index in [1.54, 1.807) is 11.8 Å². The van der Waals surface area contributed by atoms with Gasteiger partial charge in [0, 0.05) is 33.6 Å². The smallest absolute Gasteiger partial charge is 0.323 e. The molecule has 0 spiro atoms. The highest BCUT2D eigenvalue weighted by atomic mass is 16.3. The summed E-state index contributed by atoms with van der Waals surface area (Å²) >= 11 is 0. The number of rotatable bonds is 4. The summed E-state index contributed by atoms with van der Waals surface area (Å²) in [7, 11) is 1.84. The number of hydrogen-bond acceptors (Lipinski definition) is 4. The van der Waals surface area contributed by atoms with Crippen molar-refractivity contribution >= 4 is 23.3 Å². The van der Waals surface area contributed by atoms with Crippen molar-refractivity contribution in [1.29, 1.82) is 0 Å². The topological polar surface area (TPSA) is 90.1 Å². The van der Waals surface area contributed by atoms with Crippen LogP contribution in [-0.2, 0) is 4.79 Å². The first-order valence-electron chi connectivity index (χ1n) is 9.75. The molecule has 3 N–H and O–H groups in total. The molecule has 3 aliphatic heterocycles. The van der Waals surface area contributed by atoms with E-state index in [0.29, 0.717) is 6.54 Å². The van der Waals surface area contributed by atoms with Gasteiger partial charge in [-0.1, -0.05) is 36.4 Å². The first-order chi connectivity index (χ1) is 13.9. The summed E-state index contributed by atoms with van der Waals surface area (Å²) in [5.41, 5.74) is 7.96. The lowest BCUT2D eigenvalue weighted by molar-refractivity contribution is -0.130. The van der Waals surface area contributed by atoms with Crippen molar-refractivity contribution in [2.75, 3.05) is 31.6 Å². The zero-order valence-corrected chi connectivity index (χ0v) is 16.9. The highest BCUT2D eigenvalue weighted by Gasteiger charge is 2.27. The quantitative estimate of drug-likeness (QED) is 0.831. The Balaban J connectivity index is 0.000000200. The predicted molar refractivity (Wildman–Crippen MR) is 113 cm³/mol. The van der Waals surface area contributed by atoms with Gasteiger partial charge in [-0.3, -0.25) is 14.6 Å². The Bertz CT molecular complexity index is 831. The minimum Gasteiger partial charge on any atom is -0.392 e. The average molecular weight is 396 g/mol. The molecule has 3 aliphatic rings. The lowest BCUT2D eigenvalue weighted by atomic mass is 10.1. The molecule has 0 saturated carbocycles. The maximum Gasteiger partial charge on any atom is 0.323 e. The van der Waals surface area contributed by atoms with Gasteiger partial charge in [0.1, 0.15) is 0 Å². The number of aliphatic hydroxyl groups excluding tert-OH is 1. The molecule has 3 amide bonds. The maximum atomic E-state index is 11.7. The molecule has 2 aromatic rings. The largest absolute Gasteiger partial charge is 0.392 e. The summed E-state index contributed by atoms with van der Waals surface area (Å²) < 4.78 is 0. The molecule has 1 fully saturated rings. The van der Waals surface area contributed by atoms with Crippen LogP contribution >= 0.6 is 0 Å². The second kappa shape index (κ2) is 9.07. The van der Waals surface area contributed by atoms with Crippen LogP contribution in [0, 0.1) is 0 Å². The fourth-order valence-corrected chi connectivity index (χ4v) is 3.68. The summed E-state index contributed by atoms with van der Waals surface area (Å²) in [4.78, 5) is 27.8. The van der Waals surface area contributed by atoms with Crippen molar-refractivity contribution in [3.63, 3.8) is 0 Å². The molecule has 7 nitrogen and oxygen atoms in total. The molecule has 0 aromatic heterocycles. The normalized spacial score (nSPS) is 18.3. The number of nitrogens with zero attached hydrogens (tertiary/aromatic N) is 3. The Labute approximate surface area is 171 Å². The van der Waals surface area contributed by atoms with E-state index in [1.807, 2.05) is 49.5 Å². The fraction of sp³-hybridized carbons (Fsp3) is 0.364. The first kappa shape index (κ1) is 20.8. The third kappa shape index (κ3) is 4.93. The van der Waals surface area contributed by atoms with Gasteiger partial charge in [0.15, 0.2) is 0 Å². The van der Waals surface area contributed by atoms with Crippen LogP contribution in [0.2, 0.25) is 0 Å². The number of fused-ring (bicyclic) bond motifs is 2. The van der Waals surface area contributed by atoms with Crippen LogP contribution in [0.3, 0.4) is 0 Å². The van der Waals surface area contributed by atoms with Crippen LogP contribution in [0.1, 0.15) is 24.9 Å². The first-order valence-corrected chi connectivity index (χ1v) is 9.75. The number of likely N-dealkylation sites (tertiary alicyclic amines) is 1. The van der Waals surface area contributed by atoms with Crippen molar-refractivity contribution in [3.05, 3.63) is 60.2 Å². The maximum absolute atomic E-state index is 11.7. The second-order valence-electron chi connectivity index (χ2n) is 7.45. The number of hydrogen-bond donors (Lipinski definition) is 2. The van der Waals surface area contributed by atoms with Crippen LogP contribution in [0.4, 0.5) is 16.2 Å². The Morgan fingerprint density at radius 3 is 2.28 bits per heavy atom. The number of primary amides is 1. The lowest BCUT2D eigenvalue weighted by Gasteiger charge is -2.31. The van der Waals surface area contributed by atoms with Crippen LogP contribution in [0.25, 0.3) is 0 Å². The highest BCUT2D eigenvalue weighted by Crippen LogP contribution is 2.36. The lowest BCUT2D eigenvalue weighted by Crippen LogP contribution is -2.38. The van der Waals surface area contributed by atoms with Gasteiger partial charge in [0.2, 0.25) is 5.91 Å². The van der Waals surface area contributed by atoms with Crippen molar-refractivity contribution < 1.29 is 14.7 Å². The van der Waals surface area contributed by atoms with Gasteiger partial charge in [0.25, 0.3) is 0 Å². The average Bonchev–Trinajstić information content (AvgIpc) is 3.11. The molecule has 3 heterocycles. The van der Waals surface area contributed by atoms with E-state index in [2.05, 4.69) is 17.0 Å². The minimum atomic E-state index is -0.409. The van der Waals surface area contributed by atoms with Crippen LogP contribution in [0.15, 0.2) is 54.6 Å². The highest BCUT2D eigenvalue weighted by molar-refractivity contribution is 6.04. The number of anilines is 2. The molecule has 0 aliphatic carbocycles. The minimum absolute atomic E-state index is 0.0454. The Morgan fingerprint density at radius 2 is 1.83 bits per heavy atom. The standard InChI is InChI=1S/C15H22N2O2.C7H6N2O/c1-12(18)16(2)15(13-6-4-3-5-7-13)11-17-9-8-14(19)10-17;8-7(10)9-5-2-1-3-6(9)4-5/h3-7,14-15,19H,8-11H2,1-2H3;1-4H,(H2,8,10). The number of carbonyl (C=O) groups excluding carboxylic acids is 2. The third-order valence-electron chi connectivity index (χ3n) is 5.39. The van der Waals surface area contributed by atoms with Gasteiger partial charge in [0.05, 0.1) is 23.5 Å². The summed E-state index contributed by atoms with van der Waals surface area (Å²) in [5.74, 6) is 0.0635. The molecule has 2 atom stereocenters. The predicted octanol–water partition coefficient (Wildman–Crippen LogP) is 2.49. The zero-order chi connectivity index (χ0) is 21.0. The van der Waals surface area contributed by atoms with Gasteiger partial charge >= 0.3 is 6.03 Å². The summed E-state index contributed by atoms with van der Waals surface area (Å²) in [6.45, 7) is 3.97. The molecular formula is C22H28N4O3. The number of likely N-dealkylation sites (N-methyl/N-ethyl adjacent to an activating group) is 1. The van der Waals surface area contributed by atoms with Gasteiger partial charge in [-0.05, 0) is 30.2 Å². The van der Waals surface area contributed by atoms with Crippen molar-refractivity contribution in [2.24, 2.45) is 5.73 Å². The summed E-state index contributed by atoms with van der Waals surface area (Å²) in [6.07, 6.45) is 0.602. The van der Waals surface area contributed by atoms with E-state index >= 15 is 0 Å². The molecule has 7 heteroatoms. The number of nitrogens with two attached hydrogens (primary N) is 1. The molecule has 154 valence electrons. The third-order valence-corrected chi connectivity index (χ3v) is 5.39. The number of urea groups is 1. The van der Waals surface area contributed by atoms with Gasteiger partial charge < -0.3 is 15.7 Å². The van der Waals surface area contributed by atoms with Crippen molar-refractivity contribution in [1.82, 2.24) is 9.80 Å². The molecule has 0 radical (unpaired) electrons. The fourth-order valence-electron chi connectivity index (χ4n) is 3.68. The monoisotopic (exact) mass is 396 g/mol. The molecule has 29 heavy (non-hydrogen) atoms. The van der Waals surface area contributed by atoms with E-state index in [-0.39, 0.29) is 18.1 Å². The van der Waals surface area contributed by atoms with E-state index < -0.39 is 6.03 Å². The zero-order valence-electron chi connectivity index (χ0n) is 16.9. The molecular weight excluding hydrogens is 368 g/mol. The SMILES string of the molecule is CC(=O)N(C)C(CN1CCC(O)C1)c1ccccc1.NC(=O)N1c2cccc1c2. The van der Waals surface area contributed by atoms with Gasteiger partial charge in [-0.25, -0.2) is 4.79 Å². The van der Waals surface area contributed by atoms with Crippen LogP contribution < -0.4 is 10.6 Å². The molecule has 2 bridgehead atoms. The number of amides is 3. The number of benzene rings is 2. The Kier molecular flexibility index (Phi) is 6.51. The van der Waals surface area contributed by atoms with Crippen LogP contribution in [-0.4, -0.2) is 59.6 Å². The Hall–Kier alpha value is -2.90. The van der Waals surface area contributed by atoms with E-state index in [0.717, 1.165) is 36.4 Å².